The van der Waals surface area contributed by atoms with E-state index in [1.807, 2.05) is 27.7 Å². The van der Waals surface area contributed by atoms with Gasteiger partial charge in [0, 0.05) is 18.3 Å². The van der Waals surface area contributed by atoms with Gasteiger partial charge in [0.05, 0.1) is 12.1 Å². The highest BCUT2D eigenvalue weighted by Gasteiger charge is 2.23. The van der Waals surface area contributed by atoms with Crippen LogP contribution in [0.3, 0.4) is 0 Å². The number of carbonyl (C=O) groups is 2. The van der Waals surface area contributed by atoms with E-state index >= 15 is 0 Å². The summed E-state index contributed by atoms with van der Waals surface area (Å²) in [5.41, 5.74) is 5.64. The molecule has 110 valence electrons. The quantitative estimate of drug-likeness (QED) is 0.819. The summed E-state index contributed by atoms with van der Waals surface area (Å²) in [5, 5.41) is 3.13. The lowest BCUT2D eigenvalue weighted by atomic mass is 10.2. The number of amides is 2. The molecule has 0 atom stereocenters. The molecule has 0 unspecified atom stereocenters. The first-order valence-electron chi connectivity index (χ1n) is 6.63. The lowest BCUT2D eigenvalue weighted by molar-refractivity contribution is -0.119. The predicted molar refractivity (Wildman–Crippen MR) is 78.4 cm³/mol. The van der Waals surface area contributed by atoms with Crippen molar-refractivity contribution in [2.75, 3.05) is 11.9 Å². The summed E-state index contributed by atoms with van der Waals surface area (Å²) in [5.74, 6) is -0.271. The predicted octanol–water partition coefficient (Wildman–Crippen LogP) is 1.24. The number of nitrogens with two attached hydrogens (primary N) is 1. The first-order valence-corrected chi connectivity index (χ1v) is 6.63. The van der Waals surface area contributed by atoms with Crippen LogP contribution in [0.15, 0.2) is 18.3 Å². The van der Waals surface area contributed by atoms with E-state index in [-0.39, 0.29) is 24.5 Å². The highest BCUT2D eigenvalue weighted by atomic mass is 16.2. The van der Waals surface area contributed by atoms with Gasteiger partial charge in [-0.25, -0.2) is 4.98 Å². The minimum absolute atomic E-state index is 0.105. The summed E-state index contributed by atoms with van der Waals surface area (Å²) >= 11 is 0. The molecule has 0 aliphatic heterocycles. The van der Waals surface area contributed by atoms with Crippen molar-refractivity contribution in [1.82, 2.24) is 9.88 Å². The van der Waals surface area contributed by atoms with E-state index in [1.165, 1.54) is 4.90 Å². The van der Waals surface area contributed by atoms with Crippen molar-refractivity contribution in [1.29, 1.82) is 0 Å². The minimum atomic E-state index is -0.533. The average Bonchev–Trinajstić information content (AvgIpc) is 2.34. The zero-order valence-electron chi connectivity index (χ0n) is 12.4. The summed E-state index contributed by atoms with van der Waals surface area (Å²) in [7, 11) is 0. The molecule has 6 nitrogen and oxygen atoms in total. The lowest BCUT2D eigenvalue weighted by Gasteiger charge is -2.26. The molecule has 0 radical (unpaired) electrons. The Morgan fingerprint density at radius 3 is 2.50 bits per heavy atom. The standard InChI is InChI=1S/C14H22N4O2/c1-9(2)17-13-11(6-5-7-16-13)14(20)18(10(3)4)8-12(15)19/h5-7,9-10H,8H2,1-4H3,(H2,15,19)(H,16,17). The second-order valence-electron chi connectivity index (χ2n) is 5.19. The van der Waals surface area contributed by atoms with E-state index in [0.717, 1.165) is 0 Å². The van der Waals surface area contributed by atoms with Gasteiger partial charge in [0.2, 0.25) is 5.91 Å². The topological polar surface area (TPSA) is 88.3 Å². The largest absolute Gasteiger partial charge is 0.368 e. The third-order valence-electron chi connectivity index (χ3n) is 2.67. The molecule has 0 spiro atoms. The summed E-state index contributed by atoms with van der Waals surface area (Å²) < 4.78 is 0. The van der Waals surface area contributed by atoms with E-state index < -0.39 is 5.91 Å². The van der Waals surface area contributed by atoms with Crippen molar-refractivity contribution >= 4 is 17.6 Å². The van der Waals surface area contributed by atoms with Crippen LogP contribution in [-0.2, 0) is 4.79 Å². The van der Waals surface area contributed by atoms with Crippen LogP contribution in [0.25, 0.3) is 0 Å². The second-order valence-corrected chi connectivity index (χ2v) is 5.19. The Hall–Kier alpha value is -2.11. The van der Waals surface area contributed by atoms with Gasteiger partial charge in [-0.2, -0.15) is 0 Å². The van der Waals surface area contributed by atoms with Crippen molar-refractivity contribution in [3.8, 4) is 0 Å². The normalized spacial score (nSPS) is 10.7. The Morgan fingerprint density at radius 1 is 1.35 bits per heavy atom. The van der Waals surface area contributed by atoms with Crippen molar-refractivity contribution in [2.45, 2.75) is 39.8 Å². The van der Waals surface area contributed by atoms with Gasteiger partial charge in [-0.1, -0.05) is 0 Å². The molecule has 1 aromatic heterocycles. The number of carbonyl (C=O) groups excluding carboxylic acids is 2. The van der Waals surface area contributed by atoms with E-state index in [4.69, 9.17) is 5.73 Å². The van der Waals surface area contributed by atoms with Crippen LogP contribution < -0.4 is 11.1 Å². The van der Waals surface area contributed by atoms with Crippen LogP contribution >= 0.6 is 0 Å². The fraction of sp³-hybridized carbons (Fsp3) is 0.500. The maximum atomic E-state index is 12.6. The molecule has 0 aromatic carbocycles. The van der Waals surface area contributed by atoms with Crippen LogP contribution in [0.5, 0.6) is 0 Å². The van der Waals surface area contributed by atoms with Gasteiger partial charge >= 0.3 is 0 Å². The Labute approximate surface area is 119 Å². The first kappa shape index (κ1) is 15.9. The molecular formula is C14H22N4O2. The lowest BCUT2D eigenvalue weighted by Crippen LogP contribution is -2.43. The van der Waals surface area contributed by atoms with Gasteiger partial charge in [-0.05, 0) is 39.8 Å². The molecule has 0 aliphatic carbocycles. The van der Waals surface area contributed by atoms with Crippen LogP contribution in [0.1, 0.15) is 38.1 Å². The maximum absolute atomic E-state index is 12.6. The Bertz CT molecular complexity index is 486. The molecule has 1 aromatic rings. The molecule has 0 saturated carbocycles. The summed E-state index contributed by atoms with van der Waals surface area (Å²) in [4.78, 5) is 29.3. The number of anilines is 1. The van der Waals surface area contributed by atoms with Crippen LogP contribution in [-0.4, -0.2) is 40.3 Å². The molecule has 0 fully saturated rings. The Morgan fingerprint density at radius 2 is 2.00 bits per heavy atom. The molecule has 0 aliphatic rings. The first-order chi connectivity index (χ1) is 9.32. The fourth-order valence-corrected chi connectivity index (χ4v) is 1.78. The van der Waals surface area contributed by atoms with Crippen molar-refractivity contribution in [3.63, 3.8) is 0 Å². The average molecular weight is 278 g/mol. The summed E-state index contributed by atoms with van der Waals surface area (Å²) in [6.07, 6.45) is 1.62. The zero-order valence-corrected chi connectivity index (χ0v) is 12.4. The van der Waals surface area contributed by atoms with Gasteiger partial charge < -0.3 is 16.0 Å². The zero-order chi connectivity index (χ0) is 15.3. The Balaban J connectivity index is 3.08. The highest BCUT2D eigenvalue weighted by Crippen LogP contribution is 2.16. The van der Waals surface area contributed by atoms with Crippen LogP contribution in [0.4, 0.5) is 5.82 Å². The SMILES string of the molecule is CC(C)Nc1ncccc1C(=O)N(CC(N)=O)C(C)C. The monoisotopic (exact) mass is 278 g/mol. The number of pyridine rings is 1. The number of aromatic nitrogens is 1. The second kappa shape index (κ2) is 6.88. The Kier molecular flexibility index (Phi) is 5.49. The third-order valence-corrected chi connectivity index (χ3v) is 2.67. The van der Waals surface area contributed by atoms with Gasteiger partial charge in [-0.3, -0.25) is 9.59 Å². The molecule has 20 heavy (non-hydrogen) atoms. The third kappa shape index (κ3) is 4.22. The van der Waals surface area contributed by atoms with Crippen LogP contribution in [0, 0.1) is 0 Å². The smallest absolute Gasteiger partial charge is 0.258 e. The maximum Gasteiger partial charge on any atom is 0.258 e. The van der Waals surface area contributed by atoms with E-state index in [9.17, 15) is 9.59 Å². The molecule has 2 amide bonds. The number of primary amides is 1. The van der Waals surface area contributed by atoms with Crippen molar-refractivity contribution < 1.29 is 9.59 Å². The molecule has 0 bridgehead atoms. The van der Waals surface area contributed by atoms with Crippen molar-refractivity contribution in [3.05, 3.63) is 23.9 Å². The highest BCUT2D eigenvalue weighted by molar-refractivity contribution is 6.00. The number of hydrogen-bond donors (Lipinski definition) is 2. The molecule has 1 rings (SSSR count). The van der Waals surface area contributed by atoms with E-state index in [0.29, 0.717) is 11.4 Å². The van der Waals surface area contributed by atoms with Gasteiger partial charge in [-0.15, -0.1) is 0 Å². The number of nitrogens with zero attached hydrogens (tertiary/aromatic N) is 2. The van der Waals surface area contributed by atoms with Gasteiger partial charge in [0.1, 0.15) is 5.82 Å². The number of hydrogen-bond acceptors (Lipinski definition) is 4. The number of nitrogens with one attached hydrogen (secondary N) is 1. The van der Waals surface area contributed by atoms with Crippen LogP contribution in [0.2, 0.25) is 0 Å². The van der Waals surface area contributed by atoms with Crippen molar-refractivity contribution in [2.24, 2.45) is 5.73 Å². The fourth-order valence-electron chi connectivity index (χ4n) is 1.78. The molecule has 0 saturated heterocycles. The minimum Gasteiger partial charge on any atom is -0.368 e. The van der Waals surface area contributed by atoms with Gasteiger partial charge in [0.25, 0.3) is 5.91 Å². The summed E-state index contributed by atoms with van der Waals surface area (Å²) in [6.45, 7) is 7.51. The molecular weight excluding hydrogens is 256 g/mol. The molecule has 1 heterocycles. The summed E-state index contributed by atoms with van der Waals surface area (Å²) in [6, 6.07) is 3.42. The van der Waals surface area contributed by atoms with Gasteiger partial charge in [0.15, 0.2) is 0 Å². The van der Waals surface area contributed by atoms with E-state index in [1.54, 1.807) is 18.3 Å². The number of rotatable bonds is 6. The van der Waals surface area contributed by atoms with E-state index in [2.05, 4.69) is 10.3 Å². The molecule has 6 heteroatoms. The molecule has 3 N–H and O–H groups in total.